The fraction of sp³-hybridized carbons (Fsp3) is 0.474. The lowest BCUT2D eigenvalue weighted by molar-refractivity contribution is -0.133. The maximum absolute atomic E-state index is 12.5. The van der Waals surface area contributed by atoms with E-state index in [1.807, 2.05) is 56.5 Å². The monoisotopic (exact) mass is 389 g/mol. The summed E-state index contributed by atoms with van der Waals surface area (Å²) in [6, 6.07) is 8.04. The third kappa shape index (κ3) is 5.32. The van der Waals surface area contributed by atoms with Gasteiger partial charge in [0.05, 0.1) is 12.3 Å². The van der Waals surface area contributed by atoms with Gasteiger partial charge in [-0.1, -0.05) is 36.0 Å². The number of nitrogens with one attached hydrogen (secondary N) is 1. The van der Waals surface area contributed by atoms with E-state index in [-0.39, 0.29) is 24.1 Å². The van der Waals surface area contributed by atoms with Gasteiger partial charge in [0.2, 0.25) is 11.8 Å². The number of aryl methyl sites for hydroxylation is 1. The first kappa shape index (κ1) is 21.0. The molecule has 0 bridgehead atoms. The van der Waals surface area contributed by atoms with Gasteiger partial charge < -0.3 is 14.8 Å². The van der Waals surface area contributed by atoms with E-state index >= 15 is 0 Å². The predicted octanol–water partition coefficient (Wildman–Crippen LogP) is 2.35. The molecule has 7 nitrogen and oxygen atoms in total. The van der Waals surface area contributed by atoms with Crippen LogP contribution in [-0.2, 0) is 16.1 Å². The lowest BCUT2D eigenvalue weighted by atomic mass is 10.1. The zero-order valence-corrected chi connectivity index (χ0v) is 17.2. The number of thioether (sulfide) groups is 1. The van der Waals surface area contributed by atoms with Crippen LogP contribution in [0.25, 0.3) is 11.4 Å². The standard InChI is InChI=1S/C19H27N5O2S/c1-5-20-16(25)12-23(6-2)17(26)13-27-19-22-21-18(24(19)7-3)15-11-9-8-10-14(15)4/h8-11H,5-7,12-13H2,1-4H3,(H,20,25). The smallest absolute Gasteiger partial charge is 0.239 e. The Kier molecular flexibility index (Phi) is 7.84. The van der Waals surface area contributed by atoms with Crippen molar-refractivity contribution >= 4 is 23.6 Å². The fourth-order valence-electron chi connectivity index (χ4n) is 2.72. The van der Waals surface area contributed by atoms with Crippen molar-refractivity contribution < 1.29 is 9.59 Å². The van der Waals surface area contributed by atoms with Crippen molar-refractivity contribution in [2.45, 2.75) is 39.4 Å². The number of hydrogen-bond acceptors (Lipinski definition) is 5. The molecule has 0 radical (unpaired) electrons. The summed E-state index contributed by atoms with van der Waals surface area (Å²) in [5.74, 6) is 0.799. The first-order chi connectivity index (χ1) is 13.0. The summed E-state index contributed by atoms with van der Waals surface area (Å²) in [5, 5.41) is 12.0. The minimum absolute atomic E-state index is 0.0820. The minimum Gasteiger partial charge on any atom is -0.355 e. The van der Waals surface area contributed by atoms with Crippen LogP contribution in [0.3, 0.4) is 0 Å². The minimum atomic E-state index is -0.142. The van der Waals surface area contributed by atoms with E-state index in [1.54, 1.807) is 4.90 Å². The first-order valence-electron chi connectivity index (χ1n) is 9.18. The number of carbonyl (C=O) groups excluding carboxylic acids is 2. The number of aromatic nitrogens is 3. The molecule has 0 spiro atoms. The number of amides is 2. The fourth-order valence-corrected chi connectivity index (χ4v) is 3.63. The molecule has 0 saturated carbocycles. The number of rotatable bonds is 9. The Hall–Kier alpha value is -2.35. The van der Waals surface area contributed by atoms with Crippen molar-refractivity contribution in [1.29, 1.82) is 0 Å². The van der Waals surface area contributed by atoms with Crippen LogP contribution in [0.4, 0.5) is 0 Å². The molecule has 0 fully saturated rings. The van der Waals surface area contributed by atoms with E-state index in [1.165, 1.54) is 11.8 Å². The maximum atomic E-state index is 12.5. The van der Waals surface area contributed by atoms with E-state index < -0.39 is 0 Å². The number of carbonyl (C=O) groups is 2. The summed E-state index contributed by atoms with van der Waals surface area (Å²) in [4.78, 5) is 25.8. The molecule has 27 heavy (non-hydrogen) atoms. The molecule has 0 aliphatic carbocycles. The van der Waals surface area contributed by atoms with Gasteiger partial charge in [-0.25, -0.2) is 0 Å². The summed E-state index contributed by atoms with van der Waals surface area (Å²) in [6.07, 6.45) is 0. The van der Waals surface area contributed by atoms with Gasteiger partial charge in [-0.05, 0) is 33.3 Å². The van der Waals surface area contributed by atoms with Crippen molar-refractivity contribution in [1.82, 2.24) is 25.0 Å². The third-order valence-electron chi connectivity index (χ3n) is 4.19. The Labute approximate surface area is 164 Å². The zero-order valence-electron chi connectivity index (χ0n) is 16.4. The molecule has 1 aromatic heterocycles. The summed E-state index contributed by atoms with van der Waals surface area (Å²) in [7, 11) is 0. The average molecular weight is 390 g/mol. The highest BCUT2D eigenvalue weighted by molar-refractivity contribution is 7.99. The summed E-state index contributed by atoms with van der Waals surface area (Å²) >= 11 is 1.35. The number of benzene rings is 1. The van der Waals surface area contributed by atoms with Crippen LogP contribution < -0.4 is 5.32 Å². The summed E-state index contributed by atoms with van der Waals surface area (Å²) in [6.45, 7) is 9.64. The molecule has 0 unspecified atom stereocenters. The Morgan fingerprint density at radius 2 is 1.93 bits per heavy atom. The molecular weight excluding hydrogens is 362 g/mol. The van der Waals surface area contributed by atoms with Crippen LogP contribution in [0.1, 0.15) is 26.3 Å². The highest BCUT2D eigenvalue weighted by Crippen LogP contribution is 2.26. The molecule has 1 N–H and O–H groups in total. The van der Waals surface area contributed by atoms with Crippen molar-refractivity contribution in [3.8, 4) is 11.4 Å². The first-order valence-corrected chi connectivity index (χ1v) is 10.2. The van der Waals surface area contributed by atoms with Gasteiger partial charge in [0.25, 0.3) is 0 Å². The molecule has 2 rings (SSSR count). The van der Waals surface area contributed by atoms with Crippen LogP contribution in [0, 0.1) is 6.92 Å². The normalized spacial score (nSPS) is 10.7. The molecule has 0 aliphatic rings. The summed E-state index contributed by atoms with van der Waals surface area (Å²) < 4.78 is 2.01. The lowest BCUT2D eigenvalue weighted by Crippen LogP contribution is -2.41. The molecule has 2 amide bonds. The Balaban J connectivity index is 2.08. The second-order valence-electron chi connectivity index (χ2n) is 6.02. The molecule has 1 aromatic carbocycles. The largest absolute Gasteiger partial charge is 0.355 e. The summed E-state index contributed by atoms with van der Waals surface area (Å²) in [5.41, 5.74) is 2.17. The van der Waals surface area contributed by atoms with E-state index in [0.717, 1.165) is 17.0 Å². The number of likely N-dealkylation sites (N-methyl/N-ethyl adjacent to an activating group) is 2. The van der Waals surface area contributed by atoms with Gasteiger partial charge in [-0.15, -0.1) is 10.2 Å². The van der Waals surface area contributed by atoms with Crippen LogP contribution in [0.2, 0.25) is 0 Å². The maximum Gasteiger partial charge on any atom is 0.239 e. The molecule has 146 valence electrons. The highest BCUT2D eigenvalue weighted by Gasteiger charge is 2.19. The molecule has 0 atom stereocenters. The van der Waals surface area contributed by atoms with E-state index in [2.05, 4.69) is 15.5 Å². The zero-order chi connectivity index (χ0) is 19.8. The number of nitrogens with zero attached hydrogens (tertiary/aromatic N) is 4. The second kappa shape index (κ2) is 10.1. The van der Waals surface area contributed by atoms with Gasteiger partial charge >= 0.3 is 0 Å². The number of hydrogen-bond donors (Lipinski definition) is 1. The topological polar surface area (TPSA) is 80.1 Å². The predicted molar refractivity (Wildman–Crippen MR) is 108 cm³/mol. The van der Waals surface area contributed by atoms with Gasteiger partial charge in [0.1, 0.15) is 0 Å². The second-order valence-corrected chi connectivity index (χ2v) is 6.96. The quantitative estimate of drug-likeness (QED) is 0.666. The van der Waals surface area contributed by atoms with Gasteiger partial charge in [-0.3, -0.25) is 9.59 Å². The third-order valence-corrected chi connectivity index (χ3v) is 5.14. The van der Waals surface area contributed by atoms with Crippen molar-refractivity contribution in [3.63, 3.8) is 0 Å². The van der Waals surface area contributed by atoms with E-state index in [0.29, 0.717) is 24.8 Å². The molecular formula is C19H27N5O2S. The van der Waals surface area contributed by atoms with Gasteiger partial charge in [0, 0.05) is 25.2 Å². The molecule has 0 saturated heterocycles. The highest BCUT2D eigenvalue weighted by atomic mass is 32.2. The van der Waals surface area contributed by atoms with Gasteiger partial charge in [0.15, 0.2) is 11.0 Å². The van der Waals surface area contributed by atoms with E-state index in [9.17, 15) is 9.59 Å². The lowest BCUT2D eigenvalue weighted by Gasteiger charge is -2.20. The Morgan fingerprint density at radius 3 is 2.56 bits per heavy atom. The molecule has 1 heterocycles. The Morgan fingerprint density at radius 1 is 1.19 bits per heavy atom. The molecule has 2 aromatic rings. The van der Waals surface area contributed by atoms with Gasteiger partial charge in [-0.2, -0.15) is 0 Å². The van der Waals surface area contributed by atoms with Crippen molar-refractivity contribution in [2.24, 2.45) is 0 Å². The van der Waals surface area contributed by atoms with Crippen LogP contribution >= 0.6 is 11.8 Å². The average Bonchev–Trinajstić information content (AvgIpc) is 3.07. The van der Waals surface area contributed by atoms with E-state index in [4.69, 9.17) is 0 Å². The molecule has 8 heteroatoms. The van der Waals surface area contributed by atoms with Crippen molar-refractivity contribution in [3.05, 3.63) is 29.8 Å². The van der Waals surface area contributed by atoms with Crippen LogP contribution in [0.5, 0.6) is 0 Å². The van der Waals surface area contributed by atoms with Crippen LogP contribution in [0.15, 0.2) is 29.4 Å². The molecule has 0 aliphatic heterocycles. The Bertz CT molecular complexity index is 790. The van der Waals surface area contributed by atoms with Crippen molar-refractivity contribution in [2.75, 3.05) is 25.4 Å². The SMILES string of the molecule is CCNC(=O)CN(CC)C(=O)CSc1nnc(-c2ccccc2C)n1CC. The van der Waals surface area contributed by atoms with Crippen LogP contribution in [-0.4, -0.2) is 56.9 Å².